The van der Waals surface area contributed by atoms with Crippen LogP contribution in [-0.2, 0) is 12.8 Å². The summed E-state index contributed by atoms with van der Waals surface area (Å²) in [6, 6.07) is 20.2. The highest BCUT2D eigenvalue weighted by Gasteiger charge is 2.29. The summed E-state index contributed by atoms with van der Waals surface area (Å²) in [7, 11) is 0. The summed E-state index contributed by atoms with van der Waals surface area (Å²) in [5.74, 6) is 1.42. The van der Waals surface area contributed by atoms with Crippen LogP contribution in [0.15, 0.2) is 67.3 Å². The van der Waals surface area contributed by atoms with Crippen LogP contribution in [0.4, 0.5) is 0 Å². The predicted octanol–water partition coefficient (Wildman–Crippen LogP) is 5.91. The summed E-state index contributed by atoms with van der Waals surface area (Å²) >= 11 is 0. The van der Waals surface area contributed by atoms with Crippen molar-refractivity contribution in [2.75, 3.05) is 13.1 Å². The first-order chi connectivity index (χ1) is 12.9. The second-order valence-electron chi connectivity index (χ2n) is 7.63. The van der Waals surface area contributed by atoms with Gasteiger partial charge >= 0.3 is 0 Å². The SMILES string of the molecule is C=CCCCCNCCCC(c1ccccc1)C1Cc2ccccc2C1. The molecule has 138 valence electrons. The van der Waals surface area contributed by atoms with Gasteiger partial charge in [0, 0.05) is 0 Å². The van der Waals surface area contributed by atoms with E-state index in [0.717, 1.165) is 25.4 Å². The average molecular weight is 348 g/mol. The van der Waals surface area contributed by atoms with Crippen LogP contribution >= 0.6 is 0 Å². The summed E-state index contributed by atoms with van der Waals surface area (Å²) < 4.78 is 0. The highest BCUT2D eigenvalue weighted by atomic mass is 14.8. The van der Waals surface area contributed by atoms with Crippen molar-refractivity contribution in [2.45, 2.75) is 50.9 Å². The quantitative estimate of drug-likeness (QED) is 0.393. The van der Waals surface area contributed by atoms with Crippen LogP contribution in [0.5, 0.6) is 0 Å². The fraction of sp³-hybridized carbons (Fsp3) is 0.440. The Kier molecular flexibility index (Phi) is 7.51. The normalized spacial score (nSPS) is 14.9. The van der Waals surface area contributed by atoms with Crippen LogP contribution in [-0.4, -0.2) is 13.1 Å². The van der Waals surface area contributed by atoms with E-state index in [2.05, 4.69) is 66.5 Å². The zero-order valence-corrected chi connectivity index (χ0v) is 16.0. The van der Waals surface area contributed by atoms with Crippen molar-refractivity contribution in [3.05, 3.63) is 83.9 Å². The lowest BCUT2D eigenvalue weighted by Gasteiger charge is -2.24. The van der Waals surface area contributed by atoms with Crippen molar-refractivity contribution in [1.82, 2.24) is 5.32 Å². The topological polar surface area (TPSA) is 12.0 Å². The summed E-state index contributed by atoms with van der Waals surface area (Å²) in [5, 5.41) is 3.62. The zero-order chi connectivity index (χ0) is 18.0. The molecule has 1 nitrogen and oxygen atoms in total. The molecule has 0 radical (unpaired) electrons. The lowest BCUT2D eigenvalue weighted by molar-refractivity contribution is 0.405. The van der Waals surface area contributed by atoms with Crippen LogP contribution < -0.4 is 5.32 Å². The van der Waals surface area contributed by atoms with Gasteiger partial charge in [0.15, 0.2) is 0 Å². The van der Waals surface area contributed by atoms with E-state index in [1.807, 2.05) is 6.08 Å². The third kappa shape index (κ3) is 5.32. The van der Waals surface area contributed by atoms with Crippen molar-refractivity contribution < 1.29 is 0 Å². The monoisotopic (exact) mass is 347 g/mol. The smallest absolute Gasteiger partial charge is 0.00487 e. The standard InChI is InChI=1S/C25H33N/c1-2-3-4-10-17-26-18-11-16-25(21-12-6-5-7-13-21)24-19-22-14-8-9-15-23(22)20-24/h2,5-9,12-15,24-26H,1,3-4,10-11,16-20H2. The Morgan fingerprint density at radius 2 is 1.54 bits per heavy atom. The predicted molar refractivity (Wildman–Crippen MR) is 113 cm³/mol. The van der Waals surface area contributed by atoms with Gasteiger partial charge in [-0.25, -0.2) is 0 Å². The Labute approximate surface area is 159 Å². The highest BCUT2D eigenvalue weighted by Crippen LogP contribution is 2.39. The van der Waals surface area contributed by atoms with Gasteiger partial charge in [-0.3, -0.25) is 0 Å². The molecule has 0 aliphatic heterocycles. The van der Waals surface area contributed by atoms with E-state index in [0.29, 0.717) is 5.92 Å². The Balaban J connectivity index is 1.52. The van der Waals surface area contributed by atoms with Crippen LogP contribution in [0.2, 0.25) is 0 Å². The molecule has 1 aliphatic carbocycles. The van der Waals surface area contributed by atoms with Crippen molar-refractivity contribution >= 4 is 0 Å². The molecule has 1 N–H and O–H groups in total. The second-order valence-corrected chi connectivity index (χ2v) is 7.63. The Hall–Kier alpha value is -1.86. The molecule has 0 fully saturated rings. The Morgan fingerprint density at radius 1 is 0.885 bits per heavy atom. The van der Waals surface area contributed by atoms with Crippen LogP contribution in [0.3, 0.4) is 0 Å². The maximum atomic E-state index is 3.79. The number of benzene rings is 2. The van der Waals surface area contributed by atoms with Crippen molar-refractivity contribution in [2.24, 2.45) is 5.92 Å². The number of nitrogens with one attached hydrogen (secondary N) is 1. The van der Waals surface area contributed by atoms with Gasteiger partial charge < -0.3 is 5.32 Å². The third-order valence-electron chi connectivity index (χ3n) is 5.76. The van der Waals surface area contributed by atoms with Crippen LogP contribution in [0, 0.1) is 5.92 Å². The molecule has 2 aromatic carbocycles. The maximum absolute atomic E-state index is 3.79. The summed E-state index contributed by atoms with van der Waals surface area (Å²) in [6.45, 7) is 6.06. The van der Waals surface area contributed by atoms with Crippen molar-refractivity contribution in [1.29, 1.82) is 0 Å². The summed E-state index contributed by atoms with van der Waals surface area (Å²) in [4.78, 5) is 0. The summed E-state index contributed by atoms with van der Waals surface area (Å²) in [5.41, 5.74) is 4.66. The number of fused-ring (bicyclic) bond motifs is 1. The number of hydrogen-bond donors (Lipinski definition) is 1. The van der Waals surface area contributed by atoms with E-state index in [1.165, 1.54) is 44.1 Å². The third-order valence-corrected chi connectivity index (χ3v) is 5.76. The molecule has 0 saturated carbocycles. The molecule has 1 aliphatic rings. The van der Waals surface area contributed by atoms with Gasteiger partial charge in [-0.05, 0) is 86.6 Å². The second kappa shape index (κ2) is 10.3. The van der Waals surface area contributed by atoms with E-state index in [-0.39, 0.29) is 0 Å². The largest absolute Gasteiger partial charge is 0.317 e. The Bertz CT molecular complexity index is 636. The first-order valence-electron chi connectivity index (χ1n) is 10.3. The average Bonchev–Trinajstić information content (AvgIpc) is 3.11. The minimum Gasteiger partial charge on any atom is -0.317 e. The van der Waals surface area contributed by atoms with Crippen molar-refractivity contribution in [3.8, 4) is 0 Å². The number of rotatable bonds is 11. The zero-order valence-electron chi connectivity index (χ0n) is 16.0. The molecule has 1 heteroatoms. The van der Waals surface area contributed by atoms with Gasteiger partial charge in [-0.15, -0.1) is 6.58 Å². The van der Waals surface area contributed by atoms with E-state index in [9.17, 15) is 0 Å². The van der Waals surface area contributed by atoms with Gasteiger partial charge in [0.05, 0.1) is 0 Å². The molecule has 0 aromatic heterocycles. The fourth-order valence-corrected chi connectivity index (χ4v) is 4.36. The molecular weight excluding hydrogens is 314 g/mol. The lowest BCUT2D eigenvalue weighted by atomic mass is 9.81. The number of allylic oxidation sites excluding steroid dienone is 1. The first-order valence-corrected chi connectivity index (χ1v) is 10.3. The molecule has 0 heterocycles. The fourth-order valence-electron chi connectivity index (χ4n) is 4.36. The molecule has 1 atom stereocenters. The van der Waals surface area contributed by atoms with Gasteiger partial charge in [0.2, 0.25) is 0 Å². The molecule has 2 aromatic rings. The maximum Gasteiger partial charge on any atom is -0.00487 e. The highest BCUT2D eigenvalue weighted by molar-refractivity contribution is 5.34. The van der Waals surface area contributed by atoms with Gasteiger partial charge in [-0.1, -0.05) is 60.7 Å². The molecule has 0 amide bonds. The molecule has 1 unspecified atom stereocenters. The van der Waals surface area contributed by atoms with E-state index < -0.39 is 0 Å². The molecule has 0 spiro atoms. The van der Waals surface area contributed by atoms with Crippen LogP contribution in [0.1, 0.15) is 54.7 Å². The molecule has 0 bridgehead atoms. The van der Waals surface area contributed by atoms with E-state index in [4.69, 9.17) is 0 Å². The van der Waals surface area contributed by atoms with Gasteiger partial charge in [0.1, 0.15) is 0 Å². The minimum atomic E-state index is 0.672. The first kappa shape index (κ1) is 18.9. The molecule has 26 heavy (non-hydrogen) atoms. The van der Waals surface area contributed by atoms with Gasteiger partial charge in [0.25, 0.3) is 0 Å². The molecule has 3 rings (SSSR count). The summed E-state index contributed by atoms with van der Waals surface area (Å²) in [6.07, 6.45) is 10.7. The minimum absolute atomic E-state index is 0.672. The van der Waals surface area contributed by atoms with E-state index in [1.54, 1.807) is 11.1 Å². The van der Waals surface area contributed by atoms with Gasteiger partial charge in [-0.2, -0.15) is 0 Å². The van der Waals surface area contributed by atoms with Crippen LogP contribution in [0.25, 0.3) is 0 Å². The molecular formula is C25H33N. The van der Waals surface area contributed by atoms with Crippen molar-refractivity contribution in [3.63, 3.8) is 0 Å². The van der Waals surface area contributed by atoms with E-state index >= 15 is 0 Å². The number of unbranched alkanes of at least 4 members (excludes halogenated alkanes) is 2. The number of hydrogen-bond acceptors (Lipinski definition) is 1. The molecule has 0 saturated heterocycles. The Morgan fingerprint density at radius 3 is 2.23 bits per heavy atom. The lowest BCUT2D eigenvalue weighted by Crippen LogP contribution is -2.19.